The van der Waals surface area contributed by atoms with Gasteiger partial charge in [0, 0.05) is 44.4 Å². The predicted molar refractivity (Wildman–Crippen MR) is 121 cm³/mol. The number of benzene rings is 1. The van der Waals surface area contributed by atoms with E-state index in [-0.39, 0.29) is 23.9 Å². The van der Waals surface area contributed by atoms with Gasteiger partial charge in [-0.1, -0.05) is 12.1 Å². The lowest BCUT2D eigenvalue weighted by atomic mass is 10.1. The van der Waals surface area contributed by atoms with Gasteiger partial charge in [0.05, 0.1) is 24.2 Å². The number of amides is 1. The minimum atomic E-state index is -0.408. The molecule has 0 aromatic heterocycles. The zero-order valence-electron chi connectivity index (χ0n) is 18.6. The van der Waals surface area contributed by atoms with Crippen molar-refractivity contribution in [2.24, 2.45) is 4.99 Å². The van der Waals surface area contributed by atoms with E-state index in [0.29, 0.717) is 38.7 Å². The van der Waals surface area contributed by atoms with E-state index < -0.39 is 4.92 Å². The molecule has 1 aromatic rings. The molecule has 1 unspecified atom stereocenters. The van der Waals surface area contributed by atoms with E-state index in [0.717, 1.165) is 37.9 Å². The van der Waals surface area contributed by atoms with Crippen molar-refractivity contribution in [3.05, 3.63) is 39.9 Å². The van der Waals surface area contributed by atoms with E-state index in [9.17, 15) is 14.9 Å². The highest BCUT2D eigenvalue weighted by molar-refractivity contribution is 5.80. The topological polar surface area (TPSA) is 118 Å². The van der Waals surface area contributed by atoms with Crippen LogP contribution in [0.2, 0.25) is 0 Å². The number of non-ortho nitro benzene ring substituents is 1. The number of likely N-dealkylation sites (tertiary alicyclic amines) is 1. The van der Waals surface area contributed by atoms with Crippen LogP contribution in [0.15, 0.2) is 29.3 Å². The fourth-order valence-electron chi connectivity index (χ4n) is 3.84. The quantitative estimate of drug-likeness (QED) is 0.286. The third-order valence-corrected chi connectivity index (χ3v) is 5.70. The van der Waals surface area contributed by atoms with Crippen LogP contribution in [0.1, 0.15) is 44.6 Å². The number of hydrogen-bond acceptors (Lipinski definition) is 6. The number of ether oxygens (including phenoxy) is 2. The summed E-state index contributed by atoms with van der Waals surface area (Å²) in [4.78, 5) is 28.8. The van der Waals surface area contributed by atoms with Crippen LogP contribution in [-0.4, -0.2) is 66.9 Å². The smallest absolute Gasteiger partial charge is 0.409 e. The lowest BCUT2D eigenvalue weighted by Crippen LogP contribution is -2.51. The van der Waals surface area contributed by atoms with Gasteiger partial charge in [-0.2, -0.15) is 0 Å². The van der Waals surface area contributed by atoms with Gasteiger partial charge < -0.3 is 25.0 Å². The number of carbonyl (C=O) groups is 1. The monoisotopic (exact) mass is 447 g/mol. The van der Waals surface area contributed by atoms with Crippen molar-refractivity contribution in [1.29, 1.82) is 0 Å². The molecule has 0 spiro atoms. The molecule has 1 atom stereocenters. The number of nitrogens with zero attached hydrogens (tertiary/aromatic N) is 3. The zero-order chi connectivity index (χ0) is 22.8. The Morgan fingerprint density at radius 1 is 1.25 bits per heavy atom. The van der Waals surface area contributed by atoms with Crippen molar-refractivity contribution in [2.45, 2.75) is 57.7 Å². The maximum atomic E-state index is 11.9. The number of carbonyl (C=O) groups excluding carboxylic acids is 1. The summed E-state index contributed by atoms with van der Waals surface area (Å²) in [7, 11) is 0. The molecule has 2 aliphatic heterocycles. The van der Waals surface area contributed by atoms with Crippen LogP contribution in [-0.2, 0) is 16.0 Å². The van der Waals surface area contributed by atoms with E-state index in [1.807, 2.05) is 6.92 Å². The molecule has 2 N–H and O–H groups in total. The zero-order valence-corrected chi connectivity index (χ0v) is 18.6. The molecule has 2 aliphatic rings. The van der Waals surface area contributed by atoms with E-state index >= 15 is 0 Å². The van der Waals surface area contributed by atoms with Crippen LogP contribution in [0.3, 0.4) is 0 Å². The van der Waals surface area contributed by atoms with Crippen molar-refractivity contribution in [3.63, 3.8) is 0 Å². The molecule has 176 valence electrons. The van der Waals surface area contributed by atoms with Gasteiger partial charge in [0.2, 0.25) is 0 Å². The van der Waals surface area contributed by atoms with Crippen LogP contribution in [0.5, 0.6) is 0 Å². The van der Waals surface area contributed by atoms with Crippen molar-refractivity contribution >= 4 is 17.7 Å². The second-order valence-corrected chi connectivity index (χ2v) is 8.06. The molecule has 0 radical (unpaired) electrons. The number of rotatable bonds is 7. The minimum Gasteiger partial charge on any atom is -0.450 e. The molecule has 32 heavy (non-hydrogen) atoms. The average Bonchev–Trinajstić information content (AvgIpc) is 2.82. The number of guanidine groups is 1. The summed E-state index contributed by atoms with van der Waals surface area (Å²) in [5.41, 5.74) is 0.958. The van der Waals surface area contributed by atoms with E-state index in [1.54, 1.807) is 17.0 Å². The Morgan fingerprint density at radius 2 is 2.00 bits per heavy atom. The highest BCUT2D eigenvalue weighted by Crippen LogP contribution is 2.15. The van der Waals surface area contributed by atoms with Crippen molar-refractivity contribution in [3.8, 4) is 0 Å². The number of nitro benzene ring substituents is 1. The Labute approximate surface area is 188 Å². The SMILES string of the molecule is CCOC(=O)N1CCC(NC(=NCc2ccc([N+](=O)[O-])cc2)NCC2CCCCO2)CC1. The molecule has 2 saturated heterocycles. The predicted octanol–water partition coefficient (Wildman–Crippen LogP) is 2.82. The Bertz CT molecular complexity index is 771. The summed E-state index contributed by atoms with van der Waals surface area (Å²) in [6, 6.07) is 6.62. The number of aliphatic imine (C=N–C) groups is 1. The Hall–Kier alpha value is -2.88. The molecular weight excluding hydrogens is 414 g/mol. The minimum absolute atomic E-state index is 0.0667. The normalized spacial score (nSPS) is 20.0. The van der Waals surface area contributed by atoms with Gasteiger partial charge in [-0.05, 0) is 44.6 Å². The molecule has 10 heteroatoms. The number of hydrogen-bond donors (Lipinski definition) is 2. The first kappa shape index (κ1) is 23.8. The van der Waals surface area contributed by atoms with Crippen LogP contribution in [0.25, 0.3) is 0 Å². The third-order valence-electron chi connectivity index (χ3n) is 5.70. The average molecular weight is 448 g/mol. The Morgan fingerprint density at radius 3 is 2.62 bits per heavy atom. The van der Waals surface area contributed by atoms with E-state index in [2.05, 4.69) is 10.6 Å². The maximum absolute atomic E-state index is 11.9. The van der Waals surface area contributed by atoms with Gasteiger partial charge in [-0.3, -0.25) is 10.1 Å². The summed E-state index contributed by atoms with van der Waals surface area (Å²) in [6.45, 7) is 5.33. The van der Waals surface area contributed by atoms with Crippen molar-refractivity contribution in [2.75, 3.05) is 32.8 Å². The van der Waals surface area contributed by atoms with Gasteiger partial charge in [0.1, 0.15) is 0 Å². The van der Waals surface area contributed by atoms with Gasteiger partial charge >= 0.3 is 6.09 Å². The van der Waals surface area contributed by atoms with E-state index in [4.69, 9.17) is 14.5 Å². The molecule has 3 rings (SSSR count). The summed E-state index contributed by atoms with van der Waals surface area (Å²) >= 11 is 0. The lowest BCUT2D eigenvalue weighted by molar-refractivity contribution is -0.384. The summed E-state index contributed by atoms with van der Waals surface area (Å²) in [5.74, 6) is 0.687. The molecule has 0 bridgehead atoms. The molecular formula is C22H33N5O5. The summed E-state index contributed by atoms with van der Waals surface area (Å²) < 4.78 is 10.9. The third kappa shape index (κ3) is 7.37. The van der Waals surface area contributed by atoms with Gasteiger partial charge in [-0.25, -0.2) is 9.79 Å². The second-order valence-electron chi connectivity index (χ2n) is 8.06. The maximum Gasteiger partial charge on any atom is 0.409 e. The van der Waals surface area contributed by atoms with Crippen LogP contribution in [0, 0.1) is 10.1 Å². The van der Waals surface area contributed by atoms with Gasteiger partial charge in [0.15, 0.2) is 5.96 Å². The van der Waals surface area contributed by atoms with Crippen LogP contribution < -0.4 is 10.6 Å². The number of nitro groups is 1. The molecule has 2 fully saturated rings. The molecule has 0 aliphatic carbocycles. The standard InChI is InChI=1S/C22H33N5O5/c1-2-31-22(28)26-12-10-18(11-13-26)25-21(24-16-20-5-3-4-14-32-20)23-15-17-6-8-19(9-7-17)27(29)30/h6-9,18,20H,2-5,10-16H2,1H3,(H2,23,24,25). The Balaban J connectivity index is 1.58. The van der Waals surface area contributed by atoms with E-state index in [1.165, 1.54) is 18.6 Å². The number of nitrogens with one attached hydrogen (secondary N) is 2. The fourth-order valence-corrected chi connectivity index (χ4v) is 3.84. The largest absolute Gasteiger partial charge is 0.450 e. The molecule has 0 saturated carbocycles. The first-order valence-corrected chi connectivity index (χ1v) is 11.4. The molecule has 1 aromatic carbocycles. The molecule has 1 amide bonds. The summed E-state index contributed by atoms with van der Waals surface area (Å²) in [6.07, 6.45) is 4.82. The van der Waals surface area contributed by atoms with Crippen LogP contribution >= 0.6 is 0 Å². The highest BCUT2D eigenvalue weighted by atomic mass is 16.6. The molecule has 10 nitrogen and oxygen atoms in total. The van der Waals surface area contributed by atoms with Crippen LogP contribution in [0.4, 0.5) is 10.5 Å². The first-order valence-electron chi connectivity index (χ1n) is 11.4. The second kappa shape index (κ2) is 12.2. The summed E-state index contributed by atoms with van der Waals surface area (Å²) in [5, 5.41) is 17.7. The van der Waals surface area contributed by atoms with Gasteiger partial charge in [0.25, 0.3) is 5.69 Å². The lowest BCUT2D eigenvalue weighted by Gasteiger charge is -2.32. The first-order chi connectivity index (χ1) is 15.5. The van der Waals surface area contributed by atoms with Gasteiger partial charge in [-0.15, -0.1) is 0 Å². The molecule has 2 heterocycles. The van der Waals surface area contributed by atoms with Crippen molar-refractivity contribution in [1.82, 2.24) is 15.5 Å². The fraction of sp³-hybridized carbons (Fsp3) is 0.636. The highest BCUT2D eigenvalue weighted by Gasteiger charge is 2.24. The van der Waals surface area contributed by atoms with Crippen molar-refractivity contribution < 1.29 is 19.2 Å². The number of piperidine rings is 1. The Kier molecular flexibility index (Phi) is 9.09.